The molecular weight excluding hydrogens is 282 g/mol. The van der Waals surface area contributed by atoms with E-state index in [0.717, 1.165) is 16.9 Å². The van der Waals surface area contributed by atoms with Crippen molar-refractivity contribution in [1.29, 1.82) is 0 Å². The number of thiophene rings is 1. The van der Waals surface area contributed by atoms with Gasteiger partial charge in [-0.05, 0) is 42.8 Å². The van der Waals surface area contributed by atoms with Gasteiger partial charge in [-0.1, -0.05) is 30.3 Å². The third kappa shape index (κ3) is 4.64. The average molecular weight is 305 g/mol. The van der Waals surface area contributed by atoms with Gasteiger partial charge in [0.25, 0.3) is 0 Å². The second-order valence-corrected chi connectivity index (χ2v) is 6.46. The first-order valence-corrected chi connectivity index (χ1v) is 8.12. The first-order valence-electron chi connectivity index (χ1n) is 7.24. The van der Waals surface area contributed by atoms with E-state index in [-0.39, 0.29) is 18.7 Å². The van der Waals surface area contributed by atoms with Crippen molar-refractivity contribution in [3.8, 4) is 0 Å². The molecule has 0 bridgehead atoms. The van der Waals surface area contributed by atoms with E-state index in [1.165, 1.54) is 16.9 Å². The van der Waals surface area contributed by atoms with Crippen molar-refractivity contribution in [3.63, 3.8) is 0 Å². The number of aliphatic hydroxyl groups excluding tert-OH is 2. The summed E-state index contributed by atoms with van der Waals surface area (Å²) >= 11 is 1.53. The number of nitrogens with one attached hydrogen (secondary N) is 1. The molecule has 1 aromatic heterocycles. The fourth-order valence-electron chi connectivity index (χ4n) is 2.44. The molecule has 0 spiro atoms. The number of hydrogen-bond acceptors (Lipinski definition) is 4. The molecule has 0 aliphatic heterocycles. The molecule has 21 heavy (non-hydrogen) atoms. The highest BCUT2D eigenvalue weighted by Gasteiger charge is 2.23. The van der Waals surface area contributed by atoms with E-state index < -0.39 is 6.10 Å². The van der Waals surface area contributed by atoms with Crippen LogP contribution in [0.15, 0.2) is 41.8 Å². The summed E-state index contributed by atoms with van der Waals surface area (Å²) in [7, 11) is 0. The molecule has 3 N–H and O–H groups in total. The third-order valence-electron chi connectivity index (χ3n) is 3.50. The van der Waals surface area contributed by atoms with Crippen LogP contribution in [0.2, 0.25) is 0 Å². The van der Waals surface area contributed by atoms with Crippen LogP contribution in [0.3, 0.4) is 0 Å². The molecule has 0 amide bonds. The molecule has 3 nitrogen and oxygen atoms in total. The fourth-order valence-corrected chi connectivity index (χ4v) is 3.39. The van der Waals surface area contributed by atoms with Crippen LogP contribution in [-0.4, -0.2) is 28.9 Å². The summed E-state index contributed by atoms with van der Waals surface area (Å²) in [6.45, 7) is 3.99. The minimum atomic E-state index is -0.674. The summed E-state index contributed by atoms with van der Waals surface area (Å²) in [5.74, 6) is 0. The average Bonchev–Trinajstić information content (AvgIpc) is 2.91. The molecule has 0 radical (unpaired) electrons. The molecule has 0 saturated heterocycles. The van der Waals surface area contributed by atoms with Gasteiger partial charge in [0.15, 0.2) is 0 Å². The largest absolute Gasteiger partial charge is 0.395 e. The lowest BCUT2D eigenvalue weighted by Gasteiger charge is -2.25. The van der Waals surface area contributed by atoms with E-state index in [0.29, 0.717) is 0 Å². The zero-order valence-electron chi connectivity index (χ0n) is 12.5. The molecule has 1 unspecified atom stereocenters. The molecule has 3 atom stereocenters. The molecule has 4 heteroatoms. The first kappa shape index (κ1) is 16.2. The molecule has 114 valence electrons. The molecule has 0 fully saturated rings. The van der Waals surface area contributed by atoms with Gasteiger partial charge in [-0.15, -0.1) is 11.3 Å². The molecule has 0 aliphatic carbocycles. The van der Waals surface area contributed by atoms with Crippen LogP contribution >= 0.6 is 11.3 Å². The Hall–Kier alpha value is -1.20. The summed E-state index contributed by atoms with van der Waals surface area (Å²) in [4.78, 5) is 0.894. The van der Waals surface area contributed by atoms with Gasteiger partial charge in [-0.2, -0.15) is 0 Å². The number of benzene rings is 1. The van der Waals surface area contributed by atoms with E-state index in [1.54, 1.807) is 0 Å². The normalized spacial score (nSPS) is 15.6. The lowest BCUT2D eigenvalue weighted by atomic mass is 10.0. The second-order valence-electron chi connectivity index (χ2n) is 5.52. The Morgan fingerprint density at radius 3 is 2.52 bits per heavy atom. The van der Waals surface area contributed by atoms with Crippen LogP contribution in [0.4, 0.5) is 0 Å². The fraction of sp³-hybridized carbons (Fsp3) is 0.412. The Labute approximate surface area is 130 Å². The molecule has 2 aromatic rings. The molecule has 1 aromatic carbocycles. The number of rotatable bonds is 7. The van der Waals surface area contributed by atoms with Crippen molar-refractivity contribution >= 4 is 11.3 Å². The summed E-state index contributed by atoms with van der Waals surface area (Å²) in [5, 5.41) is 25.3. The lowest BCUT2D eigenvalue weighted by Crippen LogP contribution is -2.43. The van der Waals surface area contributed by atoms with Crippen LogP contribution in [0.5, 0.6) is 0 Å². The Bertz CT molecular complexity index is 541. The molecule has 0 aliphatic rings. The number of hydrogen-bond donors (Lipinski definition) is 3. The quantitative estimate of drug-likeness (QED) is 0.737. The van der Waals surface area contributed by atoms with E-state index in [2.05, 4.69) is 24.4 Å². The van der Waals surface area contributed by atoms with Gasteiger partial charge >= 0.3 is 0 Å². The summed E-state index contributed by atoms with van der Waals surface area (Å²) in [6, 6.07) is 12.0. The van der Waals surface area contributed by atoms with E-state index >= 15 is 0 Å². The minimum absolute atomic E-state index is 0.0861. The first-order chi connectivity index (χ1) is 10.1. The van der Waals surface area contributed by atoms with Crippen molar-refractivity contribution in [2.75, 3.05) is 6.61 Å². The zero-order valence-corrected chi connectivity index (χ0v) is 13.3. The maximum atomic E-state index is 10.4. The van der Waals surface area contributed by atoms with Gasteiger partial charge in [0.05, 0.1) is 12.6 Å². The van der Waals surface area contributed by atoms with Gasteiger partial charge in [0.1, 0.15) is 6.10 Å². The van der Waals surface area contributed by atoms with Crippen molar-refractivity contribution in [2.24, 2.45) is 0 Å². The highest BCUT2D eigenvalue weighted by molar-refractivity contribution is 7.10. The Morgan fingerprint density at radius 2 is 1.95 bits per heavy atom. The van der Waals surface area contributed by atoms with Crippen LogP contribution in [0.1, 0.15) is 29.0 Å². The Morgan fingerprint density at radius 1 is 1.24 bits per heavy atom. The van der Waals surface area contributed by atoms with Crippen molar-refractivity contribution < 1.29 is 10.2 Å². The minimum Gasteiger partial charge on any atom is -0.395 e. The molecule has 1 heterocycles. The van der Waals surface area contributed by atoms with Crippen LogP contribution in [-0.2, 0) is 6.42 Å². The standard InChI is InChI=1S/C17H23NO2S/c1-12-8-16(21-11-12)17(20)15(10-19)18-13(2)9-14-6-4-3-5-7-14/h3-8,11,13,15,17-20H,9-10H2,1-2H3/t13?,15-,17-/m0/s1. The van der Waals surface area contributed by atoms with E-state index in [4.69, 9.17) is 0 Å². The molecule has 2 rings (SSSR count). The SMILES string of the molecule is Cc1csc([C@@H](O)[C@H](CO)NC(C)Cc2ccccc2)c1. The van der Waals surface area contributed by atoms with Crippen molar-refractivity contribution in [3.05, 3.63) is 57.8 Å². The number of aryl methyl sites for hydroxylation is 1. The summed E-state index contributed by atoms with van der Waals surface area (Å²) in [6.07, 6.45) is 0.194. The highest BCUT2D eigenvalue weighted by Crippen LogP contribution is 2.24. The van der Waals surface area contributed by atoms with E-state index in [1.807, 2.05) is 36.6 Å². The smallest absolute Gasteiger partial charge is 0.106 e. The monoisotopic (exact) mass is 305 g/mol. The van der Waals surface area contributed by atoms with Crippen LogP contribution in [0.25, 0.3) is 0 Å². The maximum Gasteiger partial charge on any atom is 0.106 e. The van der Waals surface area contributed by atoms with Crippen LogP contribution < -0.4 is 5.32 Å². The van der Waals surface area contributed by atoms with E-state index in [9.17, 15) is 10.2 Å². The summed E-state index contributed by atoms with van der Waals surface area (Å²) in [5.41, 5.74) is 2.39. The Balaban J connectivity index is 1.95. The Kier molecular flexibility index (Phi) is 5.94. The van der Waals surface area contributed by atoms with Crippen LogP contribution in [0, 0.1) is 6.92 Å². The molecular formula is C17H23NO2S. The highest BCUT2D eigenvalue weighted by atomic mass is 32.1. The predicted octanol–water partition coefficient (Wildman–Crippen LogP) is 2.67. The predicted molar refractivity (Wildman–Crippen MR) is 87.6 cm³/mol. The van der Waals surface area contributed by atoms with Gasteiger partial charge in [0, 0.05) is 10.9 Å². The second kappa shape index (κ2) is 7.71. The molecule has 0 saturated carbocycles. The van der Waals surface area contributed by atoms with Gasteiger partial charge in [-0.25, -0.2) is 0 Å². The maximum absolute atomic E-state index is 10.4. The van der Waals surface area contributed by atoms with Crippen molar-refractivity contribution in [1.82, 2.24) is 5.32 Å². The third-order valence-corrected chi connectivity index (χ3v) is 4.62. The van der Waals surface area contributed by atoms with Gasteiger partial charge in [0.2, 0.25) is 0 Å². The van der Waals surface area contributed by atoms with Gasteiger partial charge in [-0.3, -0.25) is 0 Å². The lowest BCUT2D eigenvalue weighted by molar-refractivity contribution is 0.0869. The van der Waals surface area contributed by atoms with Gasteiger partial charge < -0.3 is 15.5 Å². The van der Waals surface area contributed by atoms with Crippen molar-refractivity contribution in [2.45, 2.75) is 38.5 Å². The topological polar surface area (TPSA) is 52.5 Å². The zero-order chi connectivity index (χ0) is 15.2. The summed E-state index contributed by atoms with van der Waals surface area (Å²) < 4.78 is 0. The number of aliphatic hydroxyl groups is 2.